The van der Waals surface area contributed by atoms with Crippen molar-refractivity contribution < 1.29 is 8.42 Å². The molecule has 0 amide bonds. The van der Waals surface area contributed by atoms with E-state index in [1.54, 1.807) is 30.3 Å². The number of likely N-dealkylation sites (N-methyl/N-ethyl adjacent to an activating group) is 1. The SMILES string of the molecule is CN1c2ccc(S(=O)(=O)c3ccccc3)cc2[C@H]2CCNCCC21.Cl. The Morgan fingerprint density at radius 3 is 2.48 bits per heavy atom. The molecule has 2 atom stereocenters. The number of hydrogen-bond acceptors (Lipinski definition) is 4. The van der Waals surface area contributed by atoms with Crippen LogP contribution >= 0.6 is 12.4 Å². The van der Waals surface area contributed by atoms with Gasteiger partial charge in [-0.15, -0.1) is 12.4 Å². The van der Waals surface area contributed by atoms with Gasteiger partial charge in [-0.25, -0.2) is 8.42 Å². The third-order valence-electron chi connectivity index (χ3n) is 5.35. The lowest BCUT2D eigenvalue weighted by atomic mass is 9.91. The van der Waals surface area contributed by atoms with Crippen LogP contribution < -0.4 is 10.2 Å². The summed E-state index contributed by atoms with van der Waals surface area (Å²) in [6.45, 7) is 2.01. The van der Waals surface area contributed by atoms with Crippen molar-refractivity contribution in [3.63, 3.8) is 0 Å². The average Bonchev–Trinajstić information content (AvgIpc) is 2.78. The summed E-state index contributed by atoms with van der Waals surface area (Å²) < 4.78 is 25.8. The van der Waals surface area contributed by atoms with Crippen molar-refractivity contribution in [1.82, 2.24) is 5.32 Å². The Morgan fingerprint density at radius 2 is 1.72 bits per heavy atom. The Hall–Kier alpha value is -1.56. The quantitative estimate of drug-likeness (QED) is 0.871. The first-order valence-electron chi connectivity index (χ1n) is 8.46. The van der Waals surface area contributed by atoms with Crippen molar-refractivity contribution in [1.29, 1.82) is 0 Å². The van der Waals surface area contributed by atoms with Gasteiger partial charge in [-0.3, -0.25) is 0 Å². The maximum Gasteiger partial charge on any atom is 0.206 e. The number of rotatable bonds is 2. The molecule has 4 nitrogen and oxygen atoms in total. The molecule has 0 saturated carbocycles. The van der Waals surface area contributed by atoms with E-state index in [1.165, 1.54) is 11.3 Å². The molecular formula is C19H23ClN2O2S. The first kappa shape index (κ1) is 18.2. The van der Waals surface area contributed by atoms with E-state index in [1.807, 2.05) is 18.2 Å². The minimum Gasteiger partial charge on any atom is -0.371 e. The predicted octanol–water partition coefficient (Wildman–Crippen LogP) is 3.23. The van der Waals surface area contributed by atoms with Crippen molar-refractivity contribution in [2.45, 2.75) is 34.6 Å². The van der Waals surface area contributed by atoms with Gasteiger partial charge >= 0.3 is 0 Å². The number of sulfone groups is 1. The molecule has 0 aromatic heterocycles. The molecule has 4 rings (SSSR count). The second kappa shape index (κ2) is 6.98. The van der Waals surface area contributed by atoms with Crippen molar-refractivity contribution in [2.24, 2.45) is 0 Å². The Kier molecular flexibility index (Phi) is 5.09. The van der Waals surface area contributed by atoms with Crippen LogP contribution in [0.1, 0.15) is 24.3 Å². The van der Waals surface area contributed by atoms with Crippen LogP contribution in [0.4, 0.5) is 5.69 Å². The summed E-state index contributed by atoms with van der Waals surface area (Å²) in [5.41, 5.74) is 2.36. The van der Waals surface area contributed by atoms with E-state index in [-0.39, 0.29) is 12.4 Å². The molecule has 2 aromatic rings. The molecule has 0 bridgehead atoms. The molecule has 25 heavy (non-hydrogen) atoms. The van der Waals surface area contributed by atoms with Crippen LogP contribution in [-0.2, 0) is 9.84 Å². The van der Waals surface area contributed by atoms with Crippen LogP contribution in [0.15, 0.2) is 58.3 Å². The molecule has 1 N–H and O–H groups in total. The molecule has 0 radical (unpaired) electrons. The van der Waals surface area contributed by atoms with Crippen molar-refractivity contribution >= 4 is 27.9 Å². The van der Waals surface area contributed by atoms with Gasteiger partial charge in [0.15, 0.2) is 0 Å². The minimum absolute atomic E-state index is 0. The lowest BCUT2D eigenvalue weighted by molar-refractivity contribution is 0.531. The second-order valence-corrected chi connectivity index (χ2v) is 8.60. The Labute approximate surface area is 155 Å². The van der Waals surface area contributed by atoms with Gasteiger partial charge in [0, 0.05) is 24.7 Å². The zero-order chi connectivity index (χ0) is 16.7. The first-order chi connectivity index (χ1) is 11.6. The number of nitrogens with one attached hydrogen (secondary N) is 1. The molecule has 134 valence electrons. The highest BCUT2D eigenvalue weighted by Crippen LogP contribution is 2.44. The summed E-state index contributed by atoms with van der Waals surface area (Å²) in [4.78, 5) is 3.08. The maximum absolute atomic E-state index is 12.9. The third kappa shape index (κ3) is 3.05. The molecule has 1 fully saturated rings. The largest absolute Gasteiger partial charge is 0.371 e. The fourth-order valence-corrected chi connectivity index (χ4v) is 5.40. The lowest BCUT2D eigenvalue weighted by Gasteiger charge is -2.24. The summed E-state index contributed by atoms with van der Waals surface area (Å²) in [6.07, 6.45) is 2.15. The van der Waals surface area contributed by atoms with E-state index >= 15 is 0 Å². The van der Waals surface area contributed by atoms with E-state index < -0.39 is 9.84 Å². The fraction of sp³-hybridized carbons (Fsp3) is 0.368. The molecule has 2 heterocycles. The lowest BCUT2D eigenvalue weighted by Crippen LogP contribution is -2.30. The van der Waals surface area contributed by atoms with Crippen molar-refractivity contribution in [2.75, 3.05) is 25.0 Å². The molecule has 0 aliphatic carbocycles. The Bertz CT molecular complexity index is 855. The molecule has 1 saturated heterocycles. The number of fused-ring (bicyclic) bond motifs is 3. The van der Waals surface area contributed by atoms with Gasteiger partial charge in [0.2, 0.25) is 9.84 Å². The van der Waals surface area contributed by atoms with Crippen LogP contribution in [0.2, 0.25) is 0 Å². The zero-order valence-electron chi connectivity index (χ0n) is 14.2. The molecule has 2 aromatic carbocycles. The standard InChI is InChI=1S/C19H22N2O2S.ClH/c1-21-18-8-7-15(24(22,23)14-5-3-2-4-6-14)13-17(18)16-9-11-20-12-10-19(16)21;/h2-8,13,16,19-20H,9-12H2,1H3;1H/t16-,19?;/m1./s1. The van der Waals surface area contributed by atoms with Gasteiger partial charge in [0.1, 0.15) is 0 Å². The molecule has 2 aliphatic rings. The van der Waals surface area contributed by atoms with E-state index in [0.717, 1.165) is 25.9 Å². The number of nitrogens with zero attached hydrogens (tertiary/aromatic N) is 1. The van der Waals surface area contributed by atoms with Gasteiger partial charge in [-0.1, -0.05) is 18.2 Å². The van der Waals surface area contributed by atoms with E-state index in [2.05, 4.69) is 17.3 Å². The molecule has 2 aliphatic heterocycles. The van der Waals surface area contributed by atoms with Crippen LogP contribution in [0.5, 0.6) is 0 Å². The van der Waals surface area contributed by atoms with Crippen LogP contribution in [0, 0.1) is 0 Å². The van der Waals surface area contributed by atoms with Crippen LogP contribution in [0.25, 0.3) is 0 Å². The second-order valence-electron chi connectivity index (χ2n) is 6.65. The van der Waals surface area contributed by atoms with Gasteiger partial charge in [-0.05, 0) is 61.8 Å². The highest BCUT2D eigenvalue weighted by molar-refractivity contribution is 7.91. The maximum atomic E-state index is 12.9. The van der Waals surface area contributed by atoms with Gasteiger partial charge in [0.05, 0.1) is 9.79 Å². The number of hydrogen-bond donors (Lipinski definition) is 1. The zero-order valence-corrected chi connectivity index (χ0v) is 15.8. The summed E-state index contributed by atoms with van der Waals surface area (Å²) in [5, 5.41) is 3.45. The highest BCUT2D eigenvalue weighted by Gasteiger charge is 2.37. The normalized spacial score (nSPS) is 22.5. The van der Waals surface area contributed by atoms with E-state index in [4.69, 9.17) is 0 Å². The Balaban J connectivity index is 0.00000182. The van der Waals surface area contributed by atoms with Gasteiger partial charge in [-0.2, -0.15) is 0 Å². The molecular weight excluding hydrogens is 356 g/mol. The molecule has 6 heteroatoms. The summed E-state index contributed by atoms with van der Waals surface area (Å²) in [6, 6.07) is 14.8. The van der Waals surface area contributed by atoms with Crippen molar-refractivity contribution in [3.8, 4) is 0 Å². The molecule has 1 unspecified atom stereocenters. The third-order valence-corrected chi connectivity index (χ3v) is 7.12. The number of benzene rings is 2. The Morgan fingerprint density at radius 1 is 1.00 bits per heavy atom. The first-order valence-corrected chi connectivity index (χ1v) is 9.95. The van der Waals surface area contributed by atoms with Gasteiger partial charge < -0.3 is 10.2 Å². The predicted molar refractivity (Wildman–Crippen MR) is 103 cm³/mol. The van der Waals surface area contributed by atoms with Gasteiger partial charge in [0.25, 0.3) is 0 Å². The van der Waals surface area contributed by atoms with Crippen LogP contribution in [-0.4, -0.2) is 34.6 Å². The highest BCUT2D eigenvalue weighted by atomic mass is 35.5. The smallest absolute Gasteiger partial charge is 0.206 e. The summed E-state index contributed by atoms with van der Waals surface area (Å²) in [7, 11) is -1.33. The topological polar surface area (TPSA) is 49.4 Å². The summed E-state index contributed by atoms with van der Waals surface area (Å²) >= 11 is 0. The minimum atomic E-state index is -3.46. The summed E-state index contributed by atoms with van der Waals surface area (Å²) in [5.74, 6) is 0.408. The number of halogens is 1. The molecule has 0 spiro atoms. The monoisotopic (exact) mass is 378 g/mol. The fourth-order valence-electron chi connectivity index (χ4n) is 4.08. The van der Waals surface area contributed by atoms with Crippen LogP contribution in [0.3, 0.4) is 0 Å². The average molecular weight is 379 g/mol. The van der Waals surface area contributed by atoms with Crippen molar-refractivity contribution in [3.05, 3.63) is 54.1 Å². The van der Waals surface area contributed by atoms with E-state index in [9.17, 15) is 8.42 Å². The van der Waals surface area contributed by atoms with E-state index in [0.29, 0.717) is 21.8 Å². The number of anilines is 1.